The number of hydrogen-bond acceptors (Lipinski definition) is 3. The van der Waals surface area contributed by atoms with E-state index in [1.165, 1.54) is 0 Å². The van der Waals surface area contributed by atoms with Crippen molar-refractivity contribution in [1.82, 2.24) is 14.7 Å². The van der Waals surface area contributed by atoms with Crippen LogP contribution in [-0.2, 0) is 4.79 Å². The molecule has 1 aliphatic rings. The Hall–Kier alpha value is -1.30. The number of carbonyl (C=O) groups is 2. The van der Waals surface area contributed by atoms with E-state index in [1.807, 2.05) is 4.90 Å². The summed E-state index contributed by atoms with van der Waals surface area (Å²) in [5.74, 6) is -0.814. The van der Waals surface area contributed by atoms with Gasteiger partial charge >= 0.3 is 12.0 Å². The number of carboxylic acids is 1. The van der Waals surface area contributed by atoms with Gasteiger partial charge in [0.05, 0.1) is 0 Å². The molecule has 6 nitrogen and oxygen atoms in total. The first-order valence-corrected chi connectivity index (χ1v) is 6.84. The number of amides is 2. The second-order valence-electron chi connectivity index (χ2n) is 5.36. The summed E-state index contributed by atoms with van der Waals surface area (Å²) in [4.78, 5) is 28.6. The predicted molar refractivity (Wildman–Crippen MR) is 73.2 cm³/mol. The van der Waals surface area contributed by atoms with Gasteiger partial charge in [-0.3, -0.25) is 4.79 Å². The van der Waals surface area contributed by atoms with E-state index in [1.54, 1.807) is 11.9 Å². The number of urea groups is 1. The van der Waals surface area contributed by atoms with Gasteiger partial charge in [-0.2, -0.15) is 0 Å². The molecule has 1 unspecified atom stereocenters. The molecule has 1 aliphatic heterocycles. The molecule has 1 heterocycles. The molecule has 0 aromatic rings. The SMILES string of the molecule is CC1CN(C)CCCN1C(=O)N(C)CCCC(=O)O. The van der Waals surface area contributed by atoms with Crippen molar-refractivity contribution in [3.8, 4) is 0 Å². The average Bonchev–Trinajstić information content (AvgIpc) is 2.48. The van der Waals surface area contributed by atoms with E-state index in [-0.39, 0.29) is 18.5 Å². The van der Waals surface area contributed by atoms with Crippen LogP contribution in [-0.4, -0.2) is 78.1 Å². The fourth-order valence-corrected chi connectivity index (χ4v) is 2.44. The van der Waals surface area contributed by atoms with Crippen LogP contribution in [0, 0.1) is 0 Å². The summed E-state index contributed by atoms with van der Waals surface area (Å²) in [6.07, 6.45) is 1.59. The Labute approximate surface area is 115 Å². The molecule has 0 aromatic heterocycles. The van der Waals surface area contributed by atoms with Crippen molar-refractivity contribution in [2.45, 2.75) is 32.2 Å². The smallest absolute Gasteiger partial charge is 0.320 e. The Morgan fingerprint density at radius 1 is 1.37 bits per heavy atom. The molecule has 1 N–H and O–H groups in total. The number of hydrogen-bond donors (Lipinski definition) is 1. The van der Waals surface area contributed by atoms with E-state index < -0.39 is 5.97 Å². The number of aliphatic carboxylic acids is 1. The van der Waals surface area contributed by atoms with Crippen LogP contribution in [0.4, 0.5) is 4.79 Å². The van der Waals surface area contributed by atoms with Crippen LogP contribution >= 0.6 is 0 Å². The minimum atomic E-state index is -0.814. The minimum absolute atomic E-state index is 0.00758. The van der Waals surface area contributed by atoms with Crippen LogP contribution in [0.1, 0.15) is 26.2 Å². The van der Waals surface area contributed by atoms with E-state index in [2.05, 4.69) is 18.9 Å². The van der Waals surface area contributed by atoms with Crippen molar-refractivity contribution in [1.29, 1.82) is 0 Å². The molecule has 1 fully saturated rings. The molecule has 2 amide bonds. The molecule has 1 rings (SSSR count). The molecule has 0 aromatic carbocycles. The van der Waals surface area contributed by atoms with Gasteiger partial charge in [-0.25, -0.2) is 4.79 Å². The average molecular weight is 271 g/mol. The maximum Gasteiger partial charge on any atom is 0.320 e. The van der Waals surface area contributed by atoms with Crippen molar-refractivity contribution in [3.05, 3.63) is 0 Å². The van der Waals surface area contributed by atoms with Gasteiger partial charge in [0, 0.05) is 39.1 Å². The summed E-state index contributed by atoms with van der Waals surface area (Å²) >= 11 is 0. The van der Waals surface area contributed by atoms with Gasteiger partial charge in [-0.15, -0.1) is 0 Å². The van der Waals surface area contributed by atoms with Crippen molar-refractivity contribution < 1.29 is 14.7 Å². The Morgan fingerprint density at radius 2 is 2.05 bits per heavy atom. The van der Waals surface area contributed by atoms with Crippen LogP contribution in [0.5, 0.6) is 0 Å². The Balaban J connectivity index is 2.47. The minimum Gasteiger partial charge on any atom is -0.481 e. The summed E-state index contributed by atoms with van der Waals surface area (Å²) in [5.41, 5.74) is 0. The first-order chi connectivity index (χ1) is 8.91. The van der Waals surface area contributed by atoms with Crippen LogP contribution in [0.25, 0.3) is 0 Å². The second-order valence-corrected chi connectivity index (χ2v) is 5.36. The van der Waals surface area contributed by atoms with Crippen LogP contribution in [0.3, 0.4) is 0 Å². The van der Waals surface area contributed by atoms with Gasteiger partial charge in [-0.1, -0.05) is 0 Å². The van der Waals surface area contributed by atoms with Crippen molar-refractivity contribution in [3.63, 3.8) is 0 Å². The van der Waals surface area contributed by atoms with Gasteiger partial charge in [0.2, 0.25) is 0 Å². The van der Waals surface area contributed by atoms with Gasteiger partial charge in [0.1, 0.15) is 0 Å². The van der Waals surface area contributed by atoms with Crippen molar-refractivity contribution in [2.24, 2.45) is 0 Å². The molecular weight excluding hydrogens is 246 g/mol. The first-order valence-electron chi connectivity index (χ1n) is 6.84. The topological polar surface area (TPSA) is 64.1 Å². The Bertz CT molecular complexity index is 322. The predicted octanol–water partition coefficient (Wildman–Crippen LogP) is 0.929. The third kappa shape index (κ3) is 5.06. The molecular formula is C13H25N3O3. The highest BCUT2D eigenvalue weighted by Gasteiger charge is 2.25. The molecule has 110 valence electrons. The lowest BCUT2D eigenvalue weighted by atomic mass is 10.2. The van der Waals surface area contributed by atoms with Crippen LogP contribution < -0.4 is 0 Å². The fraction of sp³-hybridized carbons (Fsp3) is 0.846. The van der Waals surface area contributed by atoms with Crippen LogP contribution in [0.15, 0.2) is 0 Å². The molecule has 1 saturated heterocycles. The standard InChI is InChI=1S/C13H25N3O3/c1-11-10-14(2)7-5-9-16(11)13(19)15(3)8-4-6-12(17)18/h11H,4-10H2,1-3H3,(H,17,18). The molecule has 0 bridgehead atoms. The largest absolute Gasteiger partial charge is 0.481 e. The zero-order valence-corrected chi connectivity index (χ0v) is 12.1. The lowest BCUT2D eigenvalue weighted by molar-refractivity contribution is -0.137. The molecule has 0 saturated carbocycles. The number of rotatable bonds is 4. The Kier molecular flexibility index (Phi) is 6.08. The molecule has 0 aliphatic carbocycles. The van der Waals surface area contributed by atoms with E-state index in [9.17, 15) is 9.59 Å². The summed E-state index contributed by atoms with van der Waals surface area (Å²) in [6, 6.07) is 0.204. The maximum absolute atomic E-state index is 12.3. The van der Waals surface area contributed by atoms with Gasteiger partial charge in [-0.05, 0) is 33.4 Å². The van der Waals surface area contributed by atoms with E-state index in [0.717, 1.165) is 26.1 Å². The summed E-state index contributed by atoms with van der Waals surface area (Å²) in [5, 5.41) is 8.60. The van der Waals surface area contributed by atoms with Gasteiger partial charge in [0.25, 0.3) is 0 Å². The zero-order valence-electron chi connectivity index (χ0n) is 12.1. The molecule has 0 spiro atoms. The fourth-order valence-electron chi connectivity index (χ4n) is 2.44. The normalized spacial score (nSPS) is 21.0. The van der Waals surface area contributed by atoms with E-state index in [4.69, 9.17) is 5.11 Å². The Morgan fingerprint density at radius 3 is 2.68 bits per heavy atom. The third-order valence-electron chi connectivity index (χ3n) is 3.50. The second kappa shape index (κ2) is 7.33. The maximum atomic E-state index is 12.3. The van der Waals surface area contributed by atoms with E-state index >= 15 is 0 Å². The molecule has 0 radical (unpaired) electrons. The monoisotopic (exact) mass is 271 g/mol. The number of carboxylic acid groups (broad SMARTS) is 1. The van der Waals surface area contributed by atoms with Gasteiger partial charge in [0.15, 0.2) is 0 Å². The molecule has 6 heteroatoms. The summed E-state index contributed by atoms with van der Waals surface area (Å²) < 4.78 is 0. The lowest BCUT2D eigenvalue weighted by Gasteiger charge is -2.32. The third-order valence-corrected chi connectivity index (χ3v) is 3.50. The number of carbonyl (C=O) groups excluding carboxylic acids is 1. The summed E-state index contributed by atoms with van der Waals surface area (Å²) in [7, 11) is 3.81. The van der Waals surface area contributed by atoms with E-state index in [0.29, 0.717) is 13.0 Å². The van der Waals surface area contributed by atoms with Crippen molar-refractivity contribution >= 4 is 12.0 Å². The summed E-state index contributed by atoms with van der Waals surface area (Å²) in [6.45, 7) is 5.22. The first kappa shape index (κ1) is 15.8. The number of nitrogens with zero attached hydrogens (tertiary/aromatic N) is 3. The van der Waals surface area contributed by atoms with Crippen LogP contribution in [0.2, 0.25) is 0 Å². The molecule has 19 heavy (non-hydrogen) atoms. The lowest BCUT2D eigenvalue weighted by Crippen LogP contribution is -2.48. The quantitative estimate of drug-likeness (QED) is 0.826. The highest BCUT2D eigenvalue weighted by atomic mass is 16.4. The van der Waals surface area contributed by atoms with Gasteiger partial charge < -0.3 is 19.8 Å². The zero-order chi connectivity index (χ0) is 14.4. The highest BCUT2D eigenvalue weighted by molar-refractivity contribution is 5.74. The molecule has 1 atom stereocenters. The number of likely N-dealkylation sites (N-methyl/N-ethyl adjacent to an activating group) is 1. The van der Waals surface area contributed by atoms with Crippen molar-refractivity contribution in [2.75, 3.05) is 40.3 Å². The highest BCUT2D eigenvalue weighted by Crippen LogP contribution is 2.11.